The van der Waals surface area contributed by atoms with Crippen LogP contribution in [0.15, 0.2) is 35.2 Å². The molecule has 7 nitrogen and oxygen atoms in total. The summed E-state index contributed by atoms with van der Waals surface area (Å²) in [6.45, 7) is 2.59. The molecule has 200 valence electrons. The molecule has 0 spiro atoms. The summed E-state index contributed by atoms with van der Waals surface area (Å²) in [5.74, 6) is -3.69. The number of carbonyl (C=O) groups is 3. The average molecular weight is 535 g/mol. The van der Waals surface area contributed by atoms with Gasteiger partial charge in [-0.25, -0.2) is 18.8 Å². The molecule has 0 bridgehead atoms. The van der Waals surface area contributed by atoms with Crippen molar-refractivity contribution in [3.63, 3.8) is 0 Å². The number of amides is 2. The zero-order valence-electron chi connectivity index (χ0n) is 21.3. The van der Waals surface area contributed by atoms with Crippen LogP contribution >= 0.6 is 10.0 Å². The van der Waals surface area contributed by atoms with E-state index >= 15 is 0 Å². The molecule has 1 heterocycles. The SMILES string of the molecule is CCOc1ccc2c(c1)CCN(C(=O)C1CC(C(=O)O)C1)C2C(=O)Nc1cc(F)c(S(C)(C)C)c(F)c1. The maximum absolute atomic E-state index is 14.8. The molecule has 0 radical (unpaired) electrons. The summed E-state index contributed by atoms with van der Waals surface area (Å²) in [4.78, 5) is 39.7. The second-order valence-electron chi connectivity index (χ2n) is 10.3. The number of carboxylic acid groups (broad SMARTS) is 1. The first-order valence-electron chi connectivity index (χ1n) is 12.2. The van der Waals surface area contributed by atoms with Gasteiger partial charge in [0.1, 0.15) is 23.4 Å². The Kier molecular flexibility index (Phi) is 7.50. The van der Waals surface area contributed by atoms with Gasteiger partial charge in [0, 0.05) is 18.2 Å². The number of nitrogens with one attached hydrogen (secondary N) is 1. The summed E-state index contributed by atoms with van der Waals surface area (Å²) < 4.78 is 35.2. The fourth-order valence-electron chi connectivity index (χ4n) is 5.06. The quantitative estimate of drug-likeness (QED) is 0.542. The van der Waals surface area contributed by atoms with E-state index in [4.69, 9.17) is 4.74 Å². The Labute approximate surface area is 216 Å². The third-order valence-corrected chi connectivity index (χ3v) is 8.51. The zero-order valence-corrected chi connectivity index (χ0v) is 22.2. The summed E-state index contributed by atoms with van der Waals surface area (Å²) in [6.07, 6.45) is 6.28. The van der Waals surface area contributed by atoms with Crippen molar-refractivity contribution >= 4 is 33.5 Å². The Morgan fingerprint density at radius 2 is 1.73 bits per heavy atom. The zero-order chi connectivity index (χ0) is 27.1. The first-order chi connectivity index (χ1) is 17.4. The van der Waals surface area contributed by atoms with Crippen molar-refractivity contribution < 1.29 is 33.0 Å². The maximum Gasteiger partial charge on any atom is 0.306 e. The minimum Gasteiger partial charge on any atom is -0.494 e. The number of aliphatic carboxylic acids is 1. The summed E-state index contributed by atoms with van der Waals surface area (Å²) >= 11 is 0. The number of carbonyl (C=O) groups excluding carboxylic acids is 2. The molecule has 1 unspecified atom stereocenters. The number of nitrogens with zero attached hydrogens (tertiary/aromatic N) is 1. The molecule has 2 aliphatic rings. The smallest absolute Gasteiger partial charge is 0.306 e. The number of rotatable bonds is 7. The lowest BCUT2D eigenvalue weighted by Gasteiger charge is -2.41. The highest BCUT2D eigenvalue weighted by molar-refractivity contribution is 8.32. The monoisotopic (exact) mass is 534 g/mol. The molecule has 2 N–H and O–H groups in total. The van der Waals surface area contributed by atoms with Gasteiger partial charge in [-0.1, -0.05) is 6.07 Å². The lowest BCUT2D eigenvalue weighted by molar-refractivity contribution is -0.154. The van der Waals surface area contributed by atoms with Gasteiger partial charge in [-0.05, 0) is 80.3 Å². The summed E-state index contributed by atoms with van der Waals surface area (Å²) in [6, 6.07) is 6.47. The lowest BCUT2D eigenvalue weighted by Crippen LogP contribution is -2.50. The number of halogens is 2. The fraction of sp³-hybridized carbons (Fsp3) is 0.444. The molecule has 1 fully saturated rings. The Morgan fingerprint density at radius 3 is 2.30 bits per heavy atom. The number of ether oxygens (including phenoxy) is 1. The van der Waals surface area contributed by atoms with Crippen LogP contribution in [0.5, 0.6) is 5.75 Å². The number of anilines is 1. The van der Waals surface area contributed by atoms with Gasteiger partial charge in [0.25, 0.3) is 5.91 Å². The van der Waals surface area contributed by atoms with Crippen molar-refractivity contribution in [2.45, 2.75) is 37.1 Å². The van der Waals surface area contributed by atoms with E-state index in [1.54, 1.807) is 30.9 Å². The van der Waals surface area contributed by atoms with Crippen LogP contribution in [-0.4, -0.2) is 59.7 Å². The highest BCUT2D eigenvalue weighted by Crippen LogP contribution is 2.48. The second kappa shape index (κ2) is 10.3. The van der Waals surface area contributed by atoms with Crippen molar-refractivity contribution in [2.75, 3.05) is 37.2 Å². The summed E-state index contributed by atoms with van der Waals surface area (Å²) in [5, 5.41) is 11.8. The van der Waals surface area contributed by atoms with Crippen LogP contribution in [0.2, 0.25) is 0 Å². The number of hydrogen-bond acceptors (Lipinski definition) is 4. The molecular formula is C27H32F2N2O5S. The Morgan fingerprint density at radius 1 is 1.08 bits per heavy atom. The minimum absolute atomic E-state index is 0.00624. The fourth-order valence-corrected chi connectivity index (χ4v) is 6.35. The molecule has 37 heavy (non-hydrogen) atoms. The van der Waals surface area contributed by atoms with Crippen LogP contribution in [0.4, 0.5) is 14.5 Å². The molecule has 1 saturated carbocycles. The van der Waals surface area contributed by atoms with E-state index in [0.29, 0.717) is 24.3 Å². The van der Waals surface area contributed by atoms with Crippen LogP contribution in [0, 0.1) is 23.5 Å². The first-order valence-corrected chi connectivity index (χ1v) is 15.0. The molecule has 0 aromatic heterocycles. The largest absolute Gasteiger partial charge is 0.494 e. The van der Waals surface area contributed by atoms with Crippen LogP contribution < -0.4 is 10.1 Å². The number of fused-ring (bicyclic) bond motifs is 1. The van der Waals surface area contributed by atoms with E-state index in [0.717, 1.165) is 17.7 Å². The Balaban J connectivity index is 1.65. The maximum atomic E-state index is 14.8. The third-order valence-electron chi connectivity index (χ3n) is 6.90. The summed E-state index contributed by atoms with van der Waals surface area (Å²) in [7, 11) is -1.68. The average Bonchev–Trinajstić information content (AvgIpc) is 2.75. The van der Waals surface area contributed by atoms with E-state index in [1.165, 1.54) is 4.90 Å². The van der Waals surface area contributed by atoms with Gasteiger partial charge in [0.05, 0.1) is 17.4 Å². The topological polar surface area (TPSA) is 95.9 Å². The number of hydrogen-bond donors (Lipinski definition) is 2. The van der Waals surface area contributed by atoms with Crippen molar-refractivity contribution in [1.29, 1.82) is 0 Å². The van der Waals surface area contributed by atoms with Gasteiger partial charge in [-0.15, -0.1) is 0 Å². The molecular weight excluding hydrogens is 502 g/mol. The van der Waals surface area contributed by atoms with Gasteiger partial charge in [-0.2, -0.15) is 0 Å². The van der Waals surface area contributed by atoms with Crippen molar-refractivity contribution in [3.8, 4) is 5.75 Å². The number of carboxylic acids is 1. The predicted molar refractivity (Wildman–Crippen MR) is 138 cm³/mol. The van der Waals surface area contributed by atoms with Gasteiger partial charge in [-0.3, -0.25) is 14.4 Å². The highest BCUT2D eigenvalue weighted by Gasteiger charge is 2.45. The van der Waals surface area contributed by atoms with E-state index in [2.05, 4.69) is 5.32 Å². The Bertz CT molecular complexity index is 1220. The highest BCUT2D eigenvalue weighted by atomic mass is 32.3. The minimum atomic E-state index is -1.68. The summed E-state index contributed by atoms with van der Waals surface area (Å²) in [5.41, 5.74) is 1.41. The third kappa shape index (κ3) is 5.44. The van der Waals surface area contributed by atoms with Crippen molar-refractivity contribution in [2.24, 2.45) is 11.8 Å². The standard InChI is InChI=1S/C27H32F2N2O5S/c1-5-36-19-6-7-20-15(12-19)8-9-31(26(33)16-10-17(11-16)27(34)35)23(20)25(32)30-18-13-21(28)24(22(29)14-18)37(2,3)4/h6-7,12-14,16-17,23H,5,8-11H2,1-4H3,(H,30,32)(H,34,35). The molecule has 2 aromatic carbocycles. The van der Waals surface area contributed by atoms with Gasteiger partial charge < -0.3 is 20.1 Å². The molecule has 1 aliphatic carbocycles. The molecule has 10 heteroatoms. The van der Waals surface area contributed by atoms with Crippen LogP contribution in [0.1, 0.15) is 36.9 Å². The molecule has 2 amide bonds. The van der Waals surface area contributed by atoms with Gasteiger partial charge in [0.2, 0.25) is 5.91 Å². The number of benzene rings is 2. The van der Waals surface area contributed by atoms with E-state index in [9.17, 15) is 28.3 Å². The van der Waals surface area contributed by atoms with Crippen molar-refractivity contribution in [3.05, 3.63) is 53.1 Å². The molecule has 1 atom stereocenters. The molecule has 4 rings (SSSR count). The normalized spacial score (nSPS) is 21.5. The van der Waals surface area contributed by atoms with Crippen LogP contribution in [0.3, 0.4) is 0 Å². The Hall–Kier alpha value is -3.14. The van der Waals surface area contributed by atoms with Gasteiger partial charge in [0.15, 0.2) is 0 Å². The van der Waals surface area contributed by atoms with E-state index in [1.807, 2.05) is 13.0 Å². The van der Waals surface area contributed by atoms with Crippen LogP contribution in [0.25, 0.3) is 0 Å². The van der Waals surface area contributed by atoms with E-state index in [-0.39, 0.29) is 35.9 Å². The van der Waals surface area contributed by atoms with Crippen LogP contribution in [-0.2, 0) is 20.8 Å². The molecule has 2 aromatic rings. The molecule has 0 saturated heterocycles. The molecule has 1 aliphatic heterocycles. The van der Waals surface area contributed by atoms with E-state index < -0.39 is 51.4 Å². The predicted octanol–water partition coefficient (Wildman–Crippen LogP) is 4.59. The first kappa shape index (κ1) is 26.9. The second-order valence-corrected chi connectivity index (χ2v) is 14.4. The van der Waals surface area contributed by atoms with Crippen molar-refractivity contribution in [1.82, 2.24) is 4.90 Å². The van der Waals surface area contributed by atoms with Gasteiger partial charge >= 0.3 is 5.97 Å². The lowest BCUT2D eigenvalue weighted by atomic mass is 9.73.